The van der Waals surface area contributed by atoms with Gasteiger partial charge in [-0.15, -0.1) is 0 Å². The molecule has 1 aliphatic rings. The molecule has 7 nitrogen and oxygen atoms in total. The fraction of sp³-hybridized carbons (Fsp3) is 0.529. The summed E-state index contributed by atoms with van der Waals surface area (Å²) in [6, 6.07) is 1.98. The zero-order chi connectivity index (χ0) is 17.1. The van der Waals surface area contributed by atoms with Crippen LogP contribution in [0.5, 0.6) is 0 Å². The standard InChI is InChI=1S/C17H24N6O/c1-12-7-13(2)21-16(20-12)15-11-23(5-6-24-15)10-14-8-18-17(19-9-14)22(3)4/h7-9,15H,5-6,10-11H2,1-4H3/t15-/m0/s1. The van der Waals surface area contributed by atoms with Crippen LogP contribution >= 0.6 is 0 Å². The van der Waals surface area contributed by atoms with Crippen LogP contribution in [-0.2, 0) is 11.3 Å². The molecule has 0 bridgehead atoms. The normalized spacial score (nSPS) is 18.6. The molecule has 2 aromatic heterocycles. The van der Waals surface area contributed by atoms with Crippen molar-refractivity contribution in [3.63, 3.8) is 0 Å². The van der Waals surface area contributed by atoms with Crippen LogP contribution in [0.2, 0.25) is 0 Å². The lowest BCUT2D eigenvalue weighted by atomic mass is 10.2. The lowest BCUT2D eigenvalue weighted by Gasteiger charge is -2.32. The number of aromatic nitrogens is 4. The predicted molar refractivity (Wildman–Crippen MR) is 91.8 cm³/mol. The van der Waals surface area contributed by atoms with Crippen molar-refractivity contribution in [3.05, 3.63) is 41.2 Å². The van der Waals surface area contributed by atoms with Gasteiger partial charge in [0.05, 0.1) is 6.61 Å². The Labute approximate surface area is 142 Å². The monoisotopic (exact) mass is 328 g/mol. The minimum absolute atomic E-state index is 0.0840. The van der Waals surface area contributed by atoms with Crippen molar-refractivity contribution in [1.82, 2.24) is 24.8 Å². The SMILES string of the molecule is Cc1cc(C)nc([C@@H]2CN(Cc3cnc(N(C)C)nc3)CCO2)n1. The van der Waals surface area contributed by atoms with Gasteiger partial charge in [0.2, 0.25) is 5.95 Å². The van der Waals surface area contributed by atoms with E-state index in [0.29, 0.717) is 6.61 Å². The Kier molecular flexibility index (Phi) is 5.01. The smallest absolute Gasteiger partial charge is 0.224 e. The van der Waals surface area contributed by atoms with Crippen molar-refractivity contribution in [3.8, 4) is 0 Å². The second-order valence-electron chi connectivity index (χ2n) is 6.39. The molecule has 3 heterocycles. The van der Waals surface area contributed by atoms with Crippen LogP contribution in [0.3, 0.4) is 0 Å². The number of ether oxygens (including phenoxy) is 1. The molecular weight excluding hydrogens is 304 g/mol. The molecule has 0 amide bonds. The topological polar surface area (TPSA) is 67.3 Å². The highest BCUT2D eigenvalue weighted by molar-refractivity contribution is 5.26. The van der Waals surface area contributed by atoms with Crippen LogP contribution in [0.1, 0.15) is 28.9 Å². The highest BCUT2D eigenvalue weighted by Gasteiger charge is 2.24. The average molecular weight is 328 g/mol. The molecule has 0 aromatic carbocycles. The van der Waals surface area contributed by atoms with E-state index in [1.165, 1.54) is 0 Å². The second kappa shape index (κ2) is 7.19. The molecule has 1 atom stereocenters. The van der Waals surface area contributed by atoms with E-state index >= 15 is 0 Å². The van der Waals surface area contributed by atoms with E-state index in [1.807, 2.05) is 51.3 Å². The van der Waals surface area contributed by atoms with Gasteiger partial charge in [0, 0.05) is 63.1 Å². The Morgan fingerprint density at radius 2 is 1.83 bits per heavy atom. The Bertz CT molecular complexity index is 668. The quantitative estimate of drug-likeness (QED) is 0.843. The van der Waals surface area contributed by atoms with Crippen LogP contribution < -0.4 is 4.90 Å². The Balaban J connectivity index is 1.67. The molecule has 0 unspecified atom stereocenters. The highest BCUT2D eigenvalue weighted by Crippen LogP contribution is 2.21. The first-order valence-corrected chi connectivity index (χ1v) is 8.15. The zero-order valence-corrected chi connectivity index (χ0v) is 14.7. The van der Waals surface area contributed by atoms with Gasteiger partial charge < -0.3 is 9.64 Å². The Morgan fingerprint density at radius 1 is 1.17 bits per heavy atom. The second-order valence-corrected chi connectivity index (χ2v) is 6.39. The molecule has 1 saturated heterocycles. The van der Waals surface area contributed by atoms with E-state index in [2.05, 4.69) is 24.8 Å². The van der Waals surface area contributed by atoms with Crippen LogP contribution in [0.15, 0.2) is 18.5 Å². The van der Waals surface area contributed by atoms with Crippen LogP contribution in [0, 0.1) is 13.8 Å². The first-order valence-electron chi connectivity index (χ1n) is 8.15. The molecule has 0 saturated carbocycles. The summed E-state index contributed by atoms with van der Waals surface area (Å²) in [4.78, 5) is 22.1. The minimum Gasteiger partial charge on any atom is -0.368 e. The van der Waals surface area contributed by atoms with E-state index < -0.39 is 0 Å². The Morgan fingerprint density at radius 3 is 2.46 bits per heavy atom. The minimum atomic E-state index is -0.0840. The van der Waals surface area contributed by atoms with Gasteiger partial charge >= 0.3 is 0 Å². The number of hydrogen-bond donors (Lipinski definition) is 0. The van der Waals surface area contributed by atoms with Gasteiger partial charge in [-0.05, 0) is 19.9 Å². The average Bonchev–Trinajstić information content (AvgIpc) is 2.55. The molecule has 0 N–H and O–H groups in total. The maximum absolute atomic E-state index is 5.89. The third-order valence-corrected chi connectivity index (χ3v) is 3.94. The van der Waals surface area contributed by atoms with Gasteiger partial charge in [-0.2, -0.15) is 0 Å². The summed E-state index contributed by atoms with van der Waals surface area (Å²) in [6.07, 6.45) is 3.69. The summed E-state index contributed by atoms with van der Waals surface area (Å²) in [5, 5.41) is 0. The summed E-state index contributed by atoms with van der Waals surface area (Å²) in [6.45, 7) is 7.12. The molecule has 2 aromatic rings. The lowest BCUT2D eigenvalue weighted by Crippen LogP contribution is -2.38. The summed E-state index contributed by atoms with van der Waals surface area (Å²) >= 11 is 0. The first-order chi connectivity index (χ1) is 11.5. The van der Waals surface area contributed by atoms with Crippen molar-refractivity contribution in [2.75, 3.05) is 38.7 Å². The van der Waals surface area contributed by atoms with Gasteiger partial charge in [0.25, 0.3) is 0 Å². The van der Waals surface area contributed by atoms with Crippen molar-refractivity contribution < 1.29 is 4.74 Å². The van der Waals surface area contributed by atoms with Crippen molar-refractivity contribution in [1.29, 1.82) is 0 Å². The van der Waals surface area contributed by atoms with Crippen LogP contribution in [0.4, 0.5) is 5.95 Å². The maximum atomic E-state index is 5.89. The van der Waals surface area contributed by atoms with Crippen molar-refractivity contribution >= 4 is 5.95 Å². The van der Waals surface area contributed by atoms with Gasteiger partial charge in [-0.25, -0.2) is 19.9 Å². The number of rotatable bonds is 4. The van der Waals surface area contributed by atoms with Gasteiger partial charge in [0.1, 0.15) is 6.10 Å². The highest BCUT2D eigenvalue weighted by atomic mass is 16.5. The van der Waals surface area contributed by atoms with E-state index in [1.54, 1.807) is 0 Å². The number of morpholine rings is 1. The molecule has 0 radical (unpaired) electrons. The van der Waals surface area contributed by atoms with Gasteiger partial charge in [-0.3, -0.25) is 4.90 Å². The molecule has 3 rings (SSSR count). The summed E-state index contributed by atoms with van der Waals surface area (Å²) in [5.41, 5.74) is 3.05. The number of hydrogen-bond acceptors (Lipinski definition) is 7. The molecule has 0 spiro atoms. The molecule has 1 aliphatic heterocycles. The van der Waals surface area contributed by atoms with E-state index in [4.69, 9.17) is 4.74 Å². The molecule has 24 heavy (non-hydrogen) atoms. The largest absolute Gasteiger partial charge is 0.368 e. The predicted octanol–water partition coefficient (Wildman–Crippen LogP) is 1.52. The lowest BCUT2D eigenvalue weighted by molar-refractivity contribution is -0.0374. The van der Waals surface area contributed by atoms with E-state index in [-0.39, 0.29) is 6.10 Å². The molecular formula is C17H24N6O. The van der Waals surface area contributed by atoms with Crippen LogP contribution in [-0.4, -0.2) is 58.6 Å². The zero-order valence-electron chi connectivity index (χ0n) is 14.7. The summed E-state index contributed by atoms with van der Waals surface area (Å²) in [5.74, 6) is 1.50. The van der Waals surface area contributed by atoms with Crippen molar-refractivity contribution in [2.24, 2.45) is 0 Å². The molecule has 128 valence electrons. The molecule has 0 aliphatic carbocycles. The molecule has 7 heteroatoms. The van der Waals surface area contributed by atoms with Gasteiger partial charge in [-0.1, -0.05) is 0 Å². The third-order valence-electron chi connectivity index (χ3n) is 3.94. The number of nitrogens with zero attached hydrogens (tertiary/aromatic N) is 6. The van der Waals surface area contributed by atoms with Crippen LogP contribution in [0.25, 0.3) is 0 Å². The maximum Gasteiger partial charge on any atom is 0.224 e. The van der Waals surface area contributed by atoms with Gasteiger partial charge in [0.15, 0.2) is 5.82 Å². The fourth-order valence-corrected chi connectivity index (χ4v) is 2.82. The fourth-order valence-electron chi connectivity index (χ4n) is 2.82. The number of anilines is 1. The summed E-state index contributed by atoms with van der Waals surface area (Å²) < 4.78 is 5.89. The third kappa shape index (κ3) is 4.04. The Hall–Kier alpha value is -2.12. The molecule has 1 fully saturated rings. The first kappa shape index (κ1) is 16.7. The van der Waals surface area contributed by atoms with E-state index in [9.17, 15) is 0 Å². The number of aryl methyl sites for hydroxylation is 2. The van der Waals surface area contributed by atoms with E-state index in [0.717, 1.165) is 48.4 Å². The summed E-state index contributed by atoms with van der Waals surface area (Å²) in [7, 11) is 3.87. The van der Waals surface area contributed by atoms with Crippen molar-refractivity contribution in [2.45, 2.75) is 26.5 Å².